The molecule has 2 unspecified atom stereocenters. The van der Waals surface area contributed by atoms with Crippen LogP contribution in [0.4, 0.5) is 0 Å². The van der Waals surface area contributed by atoms with Gasteiger partial charge in [0.05, 0.1) is 0 Å². The molecule has 0 aromatic rings. The van der Waals surface area contributed by atoms with Crippen LogP contribution in [0.2, 0.25) is 0 Å². The molecule has 0 rings (SSSR count). The molecular formula is C9H20O2. The topological polar surface area (TPSA) is 29.5 Å². The molecule has 11 heavy (non-hydrogen) atoms. The van der Waals surface area contributed by atoms with Gasteiger partial charge in [0.25, 0.3) is 0 Å². The third-order valence-electron chi connectivity index (χ3n) is 1.92. The van der Waals surface area contributed by atoms with Gasteiger partial charge in [-0.3, -0.25) is 0 Å². The van der Waals surface area contributed by atoms with Crippen molar-refractivity contribution in [3.05, 3.63) is 0 Å². The van der Waals surface area contributed by atoms with Gasteiger partial charge < -0.3 is 9.84 Å². The summed E-state index contributed by atoms with van der Waals surface area (Å²) in [6.07, 6.45) is 2.25. The van der Waals surface area contributed by atoms with Crippen molar-refractivity contribution >= 4 is 0 Å². The lowest BCUT2D eigenvalue weighted by molar-refractivity contribution is 0.147. The summed E-state index contributed by atoms with van der Waals surface area (Å²) in [5, 5.41) is 8.75. The number of aliphatic hydroxyl groups is 1. The van der Waals surface area contributed by atoms with E-state index in [4.69, 9.17) is 9.84 Å². The Bertz CT molecular complexity index is 83.6. The van der Waals surface area contributed by atoms with Crippen LogP contribution in [0.15, 0.2) is 0 Å². The highest BCUT2D eigenvalue weighted by atomic mass is 16.5. The summed E-state index contributed by atoms with van der Waals surface area (Å²) in [6.45, 7) is 5.38. The van der Waals surface area contributed by atoms with Gasteiger partial charge in [0.1, 0.15) is 0 Å². The van der Waals surface area contributed by atoms with E-state index < -0.39 is 0 Å². The smallest absolute Gasteiger partial charge is 0.0487 e. The molecule has 0 amide bonds. The third kappa shape index (κ3) is 6.32. The first-order valence-electron chi connectivity index (χ1n) is 4.30. The molecule has 0 aliphatic heterocycles. The molecule has 0 saturated heterocycles. The van der Waals surface area contributed by atoms with E-state index in [1.54, 1.807) is 7.11 Å². The summed E-state index contributed by atoms with van der Waals surface area (Å²) in [5.41, 5.74) is 0. The van der Waals surface area contributed by atoms with Crippen LogP contribution >= 0.6 is 0 Å². The monoisotopic (exact) mass is 160 g/mol. The second-order valence-corrected chi connectivity index (χ2v) is 3.43. The van der Waals surface area contributed by atoms with Gasteiger partial charge in [-0.15, -0.1) is 0 Å². The van der Waals surface area contributed by atoms with E-state index in [0.717, 1.165) is 19.4 Å². The third-order valence-corrected chi connectivity index (χ3v) is 1.92. The van der Waals surface area contributed by atoms with Gasteiger partial charge in [0, 0.05) is 20.3 Å². The first kappa shape index (κ1) is 10.9. The first-order valence-corrected chi connectivity index (χ1v) is 4.30. The number of hydrogen-bond acceptors (Lipinski definition) is 2. The van der Waals surface area contributed by atoms with Gasteiger partial charge in [-0.25, -0.2) is 0 Å². The van der Waals surface area contributed by atoms with E-state index in [2.05, 4.69) is 13.8 Å². The molecule has 0 heterocycles. The molecule has 2 nitrogen and oxygen atoms in total. The van der Waals surface area contributed by atoms with Crippen LogP contribution in [0, 0.1) is 11.8 Å². The number of rotatable bonds is 6. The quantitative estimate of drug-likeness (QED) is 0.640. The lowest BCUT2D eigenvalue weighted by atomic mass is 9.99. The molecule has 0 aromatic carbocycles. The fourth-order valence-corrected chi connectivity index (χ4v) is 1.03. The van der Waals surface area contributed by atoms with Crippen molar-refractivity contribution in [2.45, 2.75) is 26.7 Å². The van der Waals surface area contributed by atoms with E-state index in [0.29, 0.717) is 18.4 Å². The van der Waals surface area contributed by atoms with Crippen molar-refractivity contribution in [3.63, 3.8) is 0 Å². The summed E-state index contributed by atoms with van der Waals surface area (Å²) < 4.78 is 5.01. The number of aliphatic hydroxyl groups excluding tert-OH is 1. The molecule has 0 aliphatic rings. The standard InChI is InChI=1S/C9H20O2/c1-8(6-10)4-5-9(2)7-11-3/h8-10H,4-7H2,1-3H3. The predicted octanol–water partition coefficient (Wildman–Crippen LogP) is 1.68. The second-order valence-electron chi connectivity index (χ2n) is 3.43. The van der Waals surface area contributed by atoms with Crippen molar-refractivity contribution in [1.82, 2.24) is 0 Å². The minimum atomic E-state index is 0.305. The Morgan fingerprint density at radius 1 is 1.18 bits per heavy atom. The molecule has 1 N–H and O–H groups in total. The Kier molecular flexibility index (Phi) is 6.57. The van der Waals surface area contributed by atoms with Gasteiger partial charge in [-0.05, 0) is 24.7 Å². The van der Waals surface area contributed by atoms with E-state index in [1.807, 2.05) is 0 Å². The van der Waals surface area contributed by atoms with Crippen molar-refractivity contribution < 1.29 is 9.84 Å². The summed E-state index contributed by atoms with van der Waals surface area (Å²) in [6, 6.07) is 0. The van der Waals surface area contributed by atoms with Gasteiger partial charge in [0.2, 0.25) is 0 Å². The summed E-state index contributed by atoms with van der Waals surface area (Å²) in [5.74, 6) is 1.06. The molecular weight excluding hydrogens is 140 g/mol. The SMILES string of the molecule is COCC(C)CCC(C)CO. The zero-order chi connectivity index (χ0) is 8.69. The Hall–Kier alpha value is -0.0800. The average molecular weight is 160 g/mol. The van der Waals surface area contributed by atoms with Crippen LogP contribution in [-0.2, 0) is 4.74 Å². The van der Waals surface area contributed by atoms with Crippen LogP contribution in [0.5, 0.6) is 0 Å². The summed E-state index contributed by atoms with van der Waals surface area (Å²) >= 11 is 0. The zero-order valence-corrected chi connectivity index (χ0v) is 7.84. The highest BCUT2D eigenvalue weighted by molar-refractivity contribution is 4.55. The molecule has 2 atom stereocenters. The maximum absolute atomic E-state index is 8.75. The fraction of sp³-hybridized carbons (Fsp3) is 1.00. The predicted molar refractivity (Wildman–Crippen MR) is 46.5 cm³/mol. The lowest BCUT2D eigenvalue weighted by Gasteiger charge is -2.12. The Labute approximate surface area is 69.6 Å². The molecule has 0 aromatic heterocycles. The van der Waals surface area contributed by atoms with Crippen molar-refractivity contribution in [2.75, 3.05) is 20.3 Å². The van der Waals surface area contributed by atoms with Crippen LogP contribution < -0.4 is 0 Å². The first-order chi connectivity index (χ1) is 5.20. The zero-order valence-electron chi connectivity index (χ0n) is 7.84. The van der Waals surface area contributed by atoms with E-state index in [9.17, 15) is 0 Å². The van der Waals surface area contributed by atoms with Gasteiger partial charge >= 0.3 is 0 Å². The van der Waals surface area contributed by atoms with Crippen LogP contribution in [0.1, 0.15) is 26.7 Å². The van der Waals surface area contributed by atoms with Crippen LogP contribution in [-0.4, -0.2) is 25.4 Å². The lowest BCUT2D eigenvalue weighted by Crippen LogP contribution is -2.07. The largest absolute Gasteiger partial charge is 0.396 e. The van der Waals surface area contributed by atoms with Crippen LogP contribution in [0.3, 0.4) is 0 Å². The maximum atomic E-state index is 8.75. The maximum Gasteiger partial charge on any atom is 0.0487 e. The highest BCUT2D eigenvalue weighted by Crippen LogP contribution is 2.11. The Morgan fingerprint density at radius 2 is 1.73 bits per heavy atom. The molecule has 0 bridgehead atoms. The molecule has 0 radical (unpaired) electrons. The molecule has 2 heteroatoms. The van der Waals surface area contributed by atoms with Crippen LogP contribution in [0.25, 0.3) is 0 Å². The number of ether oxygens (including phenoxy) is 1. The Morgan fingerprint density at radius 3 is 2.18 bits per heavy atom. The van der Waals surface area contributed by atoms with E-state index >= 15 is 0 Å². The van der Waals surface area contributed by atoms with Crippen molar-refractivity contribution in [3.8, 4) is 0 Å². The summed E-state index contributed by atoms with van der Waals surface area (Å²) in [7, 11) is 1.73. The van der Waals surface area contributed by atoms with Gasteiger partial charge in [-0.2, -0.15) is 0 Å². The molecule has 0 saturated carbocycles. The Balaban J connectivity index is 3.22. The van der Waals surface area contributed by atoms with Crippen molar-refractivity contribution in [2.24, 2.45) is 11.8 Å². The molecule has 0 aliphatic carbocycles. The second kappa shape index (κ2) is 6.62. The van der Waals surface area contributed by atoms with Gasteiger partial charge in [0.15, 0.2) is 0 Å². The number of hydrogen-bond donors (Lipinski definition) is 1. The number of methoxy groups -OCH3 is 1. The van der Waals surface area contributed by atoms with Gasteiger partial charge in [-0.1, -0.05) is 13.8 Å². The van der Waals surface area contributed by atoms with E-state index in [1.165, 1.54) is 0 Å². The minimum absolute atomic E-state index is 0.305. The van der Waals surface area contributed by atoms with E-state index in [-0.39, 0.29) is 0 Å². The average Bonchev–Trinajstić information content (AvgIpc) is 2.01. The van der Waals surface area contributed by atoms with Crippen molar-refractivity contribution in [1.29, 1.82) is 0 Å². The normalized spacial score (nSPS) is 16.4. The molecule has 68 valence electrons. The summed E-state index contributed by atoms with van der Waals surface area (Å²) in [4.78, 5) is 0. The fourth-order valence-electron chi connectivity index (χ4n) is 1.03. The molecule has 0 spiro atoms. The minimum Gasteiger partial charge on any atom is -0.396 e. The highest BCUT2D eigenvalue weighted by Gasteiger charge is 2.04. The molecule has 0 fully saturated rings.